The van der Waals surface area contributed by atoms with Gasteiger partial charge in [0.2, 0.25) is 0 Å². The summed E-state index contributed by atoms with van der Waals surface area (Å²) in [6.45, 7) is 4.58. The molecule has 0 unspecified atom stereocenters. The summed E-state index contributed by atoms with van der Waals surface area (Å²) in [5, 5.41) is 1.85. The Hall–Kier alpha value is -1.57. The van der Waals surface area contributed by atoms with Crippen molar-refractivity contribution in [2.24, 2.45) is 0 Å². The van der Waals surface area contributed by atoms with Gasteiger partial charge >= 0.3 is 5.63 Å². The van der Waals surface area contributed by atoms with Crippen molar-refractivity contribution in [1.82, 2.24) is 0 Å². The van der Waals surface area contributed by atoms with E-state index in [1.165, 1.54) is 18.4 Å². The van der Waals surface area contributed by atoms with Crippen LogP contribution in [0, 0.1) is 0 Å². The lowest BCUT2D eigenvalue weighted by Crippen LogP contribution is -2.45. The van der Waals surface area contributed by atoms with Gasteiger partial charge in [-0.25, -0.2) is 4.79 Å². The van der Waals surface area contributed by atoms with Crippen molar-refractivity contribution in [3.63, 3.8) is 0 Å². The van der Waals surface area contributed by atoms with Crippen LogP contribution in [-0.4, -0.2) is 0 Å². The van der Waals surface area contributed by atoms with Gasteiger partial charge in [-0.2, -0.15) is 0 Å². The minimum absolute atomic E-state index is 0.0658. The molecular weight excluding hydrogens is 236 g/mol. The first kappa shape index (κ1) is 11.3. The van der Waals surface area contributed by atoms with E-state index in [0.29, 0.717) is 0 Å². The lowest BCUT2D eigenvalue weighted by atomic mass is 9.54. The Morgan fingerprint density at radius 2 is 1.53 bits per heavy atom. The predicted octanol–water partition coefficient (Wildman–Crippen LogP) is 3.90. The van der Waals surface area contributed by atoms with E-state index in [-0.39, 0.29) is 16.5 Å². The first-order valence-electron chi connectivity index (χ1n) is 7.10. The Balaban J connectivity index is 2.22. The second-order valence-corrected chi connectivity index (χ2v) is 6.76. The van der Waals surface area contributed by atoms with Crippen molar-refractivity contribution >= 4 is 10.8 Å². The smallest absolute Gasteiger partial charge is 0.343 e. The minimum atomic E-state index is -0.174. The van der Waals surface area contributed by atoms with E-state index in [4.69, 9.17) is 4.42 Å². The molecule has 1 fully saturated rings. The zero-order valence-electron chi connectivity index (χ0n) is 11.5. The third-order valence-corrected chi connectivity index (χ3v) is 5.45. The molecule has 98 valence electrons. The van der Waals surface area contributed by atoms with Crippen LogP contribution in [-0.2, 0) is 10.8 Å². The molecule has 1 aromatic heterocycles. The molecule has 0 atom stereocenters. The fourth-order valence-electron chi connectivity index (χ4n) is 4.05. The van der Waals surface area contributed by atoms with Gasteiger partial charge in [-0.3, -0.25) is 0 Å². The Morgan fingerprint density at radius 3 is 2.21 bits per heavy atom. The summed E-state index contributed by atoms with van der Waals surface area (Å²) < 4.78 is 5.76. The van der Waals surface area contributed by atoms with Gasteiger partial charge in [0.05, 0.1) is 5.39 Å². The Bertz CT molecular complexity index is 731. The summed E-state index contributed by atoms with van der Waals surface area (Å²) in [6.07, 6.45) is 4.68. The quantitative estimate of drug-likeness (QED) is 0.713. The molecule has 0 amide bonds. The second kappa shape index (κ2) is 3.30. The number of hydrogen-bond donors (Lipinski definition) is 0. The molecule has 2 aromatic rings. The molecule has 3 aliphatic carbocycles. The molecule has 5 rings (SSSR count). The van der Waals surface area contributed by atoms with E-state index < -0.39 is 0 Å². The topological polar surface area (TPSA) is 30.2 Å². The highest BCUT2D eigenvalue weighted by atomic mass is 16.4. The van der Waals surface area contributed by atoms with E-state index in [9.17, 15) is 4.79 Å². The first-order chi connectivity index (χ1) is 9.04. The van der Waals surface area contributed by atoms with Crippen molar-refractivity contribution in [3.8, 4) is 0 Å². The van der Waals surface area contributed by atoms with Crippen LogP contribution in [0.4, 0.5) is 0 Å². The SMILES string of the molecule is CC12CCC(C)(CC1)c1c2oc(=O)c2ccccc12. The fourth-order valence-corrected chi connectivity index (χ4v) is 4.05. The van der Waals surface area contributed by atoms with E-state index in [0.717, 1.165) is 29.4 Å². The van der Waals surface area contributed by atoms with Crippen molar-refractivity contribution in [3.05, 3.63) is 46.0 Å². The molecule has 0 radical (unpaired) electrons. The van der Waals surface area contributed by atoms with Gasteiger partial charge in [0.15, 0.2) is 0 Å². The lowest BCUT2D eigenvalue weighted by Gasteiger charge is -2.50. The molecule has 2 heteroatoms. The van der Waals surface area contributed by atoms with Crippen molar-refractivity contribution in [2.45, 2.75) is 50.4 Å². The number of hydrogen-bond acceptors (Lipinski definition) is 2. The molecule has 0 spiro atoms. The van der Waals surface area contributed by atoms with E-state index >= 15 is 0 Å². The van der Waals surface area contributed by atoms with E-state index in [1.54, 1.807) is 0 Å². The molecule has 1 saturated carbocycles. The average molecular weight is 254 g/mol. The normalized spacial score (nSPS) is 32.5. The van der Waals surface area contributed by atoms with Crippen LogP contribution in [0.2, 0.25) is 0 Å². The van der Waals surface area contributed by atoms with Crippen molar-refractivity contribution in [2.75, 3.05) is 0 Å². The third-order valence-electron chi connectivity index (χ3n) is 5.45. The second-order valence-electron chi connectivity index (χ2n) is 6.76. The number of rotatable bonds is 0. The van der Waals surface area contributed by atoms with Gasteiger partial charge in [-0.15, -0.1) is 0 Å². The van der Waals surface area contributed by atoms with Crippen LogP contribution in [0.5, 0.6) is 0 Å². The first-order valence-corrected chi connectivity index (χ1v) is 7.10. The van der Waals surface area contributed by atoms with Gasteiger partial charge in [0, 0.05) is 11.0 Å². The average Bonchev–Trinajstić information content (AvgIpc) is 2.41. The molecule has 1 heterocycles. The van der Waals surface area contributed by atoms with Crippen LogP contribution in [0.1, 0.15) is 50.9 Å². The molecule has 1 aromatic carbocycles. The Labute approximate surface area is 112 Å². The standard InChI is InChI=1S/C17H18O2/c1-16-7-9-17(2,10-8-16)14-13(16)11-5-3-4-6-12(11)15(18)19-14/h3-6H,7-10H2,1-2H3. The monoisotopic (exact) mass is 254 g/mol. The van der Waals surface area contributed by atoms with Gasteiger partial charge in [-0.05, 0) is 42.6 Å². The molecule has 2 bridgehead atoms. The highest BCUT2D eigenvalue weighted by Crippen LogP contribution is 2.57. The summed E-state index contributed by atoms with van der Waals surface area (Å²) in [7, 11) is 0. The summed E-state index contributed by atoms with van der Waals surface area (Å²) >= 11 is 0. The number of benzene rings is 1. The zero-order valence-corrected chi connectivity index (χ0v) is 11.5. The largest absolute Gasteiger partial charge is 0.427 e. The van der Waals surface area contributed by atoms with Crippen LogP contribution < -0.4 is 5.63 Å². The number of fused-ring (bicyclic) bond motifs is 3. The summed E-state index contributed by atoms with van der Waals surface area (Å²) in [5.41, 5.74) is 1.38. The maximum absolute atomic E-state index is 12.2. The molecular formula is C17H18O2. The summed E-state index contributed by atoms with van der Waals surface area (Å²) in [4.78, 5) is 12.2. The van der Waals surface area contributed by atoms with Crippen LogP contribution in [0.3, 0.4) is 0 Å². The van der Waals surface area contributed by atoms with E-state index in [1.807, 2.05) is 18.2 Å². The van der Waals surface area contributed by atoms with Gasteiger partial charge < -0.3 is 4.42 Å². The molecule has 19 heavy (non-hydrogen) atoms. The molecule has 0 saturated heterocycles. The molecule has 3 aliphatic rings. The lowest BCUT2D eigenvalue weighted by molar-refractivity contribution is 0.150. The van der Waals surface area contributed by atoms with Gasteiger partial charge in [-0.1, -0.05) is 32.0 Å². The third kappa shape index (κ3) is 1.29. The molecule has 0 aliphatic heterocycles. The summed E-state index contributed by atoms with van der Waals surface area (Å²) in [6, 6.07) is 7.91. The molecule has 2 nitrogen and oxygen atoms in total. The Kier molecular flexibility index (Phi) is 1.96. The van der Waals surface area contributed by atoms with Gasteiger partial charge in [0.1, 0.15) is 5.76 Å². The maximum Gasteiger partial charge on any atom is 0.343 e. The predicted molar refractivity (Wildman–Crippen MR) is 75.7 cm³/mol. The maximum atomic E-state index is 12.2. The van der Waals surface area contributed by atoms with Crippen LogP contribution >= 0.6 is 0 Å². The highest BCUT2D eigenvalue weighted by Gasteiger charge is 2.50. The van der Waals surface area contributed by atoms with Crippen LogP contribution in [0.25, 0.3) is 10.8 Å². The Morgan fingerprint density at radius 1 is 0.947 bits per heavy atom. The zero-order chi connectivity index (χ0) is 13.3. The van der Waals surface area contributed by atoms with Gasteiger partial charge in [0.25, 0.3) is 0 Å². The van der Waals surface area contributed by atoms with Crippen molar-refractivity contribution in [1.29, 1.82) is 0 Å². The fraction of sp³-hybridized carbons (Fsp3) is 0.471. The summed E-state index contributed by atoms with van der Waals surface area (Å²) in [5.74, 6) is 0.969. The molecule has 0 N–H and O–H groups in total. The van der Waals surface area contributed by atoms with Crippen molar-refractivity contribution < 1.29 is 4.42 Å². The minimum Gasteiger partial charge on any atom is -0.427 e. The van der Waals surface area contributed by atoms with Crippen LogP contribution in [0.15, 0.2) is 33.5 Å². The highest BCUT2D eigenvalue weighted by molar-refractivity contribution is 5.86. The van der Waals surface area contributed by atoms with E-state index in [2.05, 4.69) is 19.9 Å².